The van der Waals surface area contributed by atoms with Gasteiger partial charge >= 0.3 is 0 Å². The molecule has 0 spiro atoms. The van der Waals surface area contributed by atoms with Gasteiger partial charge in [0.15, 0.2) is 5.78 Å². The third-order valence-electron chi connectivity index (χ3n) is 2.83. The van der Waals surface area contributed by atoms with Gasteiger partial charge in [-0.3, -0.25) is 4.79 Å². The zero-order chi connectivity index (χ0) is 11.5. The monoisotopic (exact) mass is 216 g/mol. The van der Waals surface area contributed by atoms with Crippen LogP contribution in [0.3, 0.4) is 0 Å². The van der Waals surface area contributed by atoms with Crippen LogP contribution in [0.25, 0.3) is 5.57 Å². The van der Waals surface area contributed by atoms with Crippen molar-refractivity contribution in [1.82, 2.24) is 0 Å². The van der Waals surface area contributed by atoms with Crippen LogP contribution >= 0.6 is 0 Å². The molecular formula is C14H13FO. The number of Topliss-reactive ketones (excluding diaryl/α,β-unsaturated/α-hetero) is 1. The molecule has 0 N–H and O–H groups in total. The average molecular weight is 216 g/mol. The van der Waals surface area contributed by atoms with Crippen LogP contribution in [-0.2, 0) is 4.79 Å². The largest absolute Gasteiger partial charge is 0.294 e. The molecule has 1 aliphatic rings. The van der Waals surface area contributed by atoms with E-state index < -0.39 is 0 Å². The molecule has 0 heterocycles. The van der Waals surface area contributed by atoms with E-state index in [0.717, 1.165) is 24.0 Å². The molecule has 2 rings (SSSR count). The highest BCUT2D eigenvalue weighted by Crippen LogP contribution is 2.31. The van der Waals surface area contributed by atoms with Crippen molar-refractivity contribution in [3.05, 3.63) is 53.9 Å². The van der Waals surface area contributed by atoms with Crippen molar-refractivity contribution in [2.24, 2.45) is 0 Å². The average Bonchev–Trinajstić information content (AvgIpc) is 2.28. The van der Waals surface area contributed by atoms with Gasteiger partial charge in [0.1, 0.15) is 5.82 Å². The zero-order valence-corrected chi connectivity index (χ0v) is 9.00. The highest BCUT2D eigenvalue weighted by molar-refractivity contribution is 6.06. The number of rotatable bonds is 2. The second kappa shape index (κ2) is 4.44. The Kier molecular flexibility index (Phi) is 3.00. The van der Waals surface area contributed by atoms with Gasteiger partial charge < -0.3 is 0 Å². The molecule has 82 valence electrons. The van der Waals surface area contributed by atoms with Crippen molar-refractivity contribution >= 4 is 11.4 Å². The molecule has 1 aromatic carbocycles. The molecule has 16 heavy (non-hydrogen) atoms. The first kappa shape index (κ1) is 10.8. The summed E-state index contributed by atoms with van der Waals surface area (Å²) in [6, 6.07) is 6.37. The van der Waals surface area contributed by atoms with Gasteiger partial charge in [-0.15, -0.1) is 0 Å². The molecule has 1 aromatic rings. The topological polar surface area (TPSA) is 17.1 Å². The minimum Gasteiger partial charge on any atom is -0.294 e. The second-order valence-corrected chi connectivity index (χ2v) is 3.88. The van der Waals surface area contributed by atoms with Gasteiger partial charge in [-0.1, -0.05) is 24.8 Å². The van der Waals surface area contributed by atoms with Gasteiger partial charge in [0.25, 0.3) is 0 Å². The van der Waals surface area contributed by atoms with Gasteiger partial charge in [-0.05, 0) is 36.1 Å². The van der Waals surface area contributed by atoms with Gasteiger partial charge in [-0.2, -0.15) is 0 Å². The summed E-state index contributed by atoms with van der Waals surface area (Å²) in [5.74, 6) is -0.160. The minimum atomic E-state index is -0.272. The van der Waals surface area contributed by atoms with Crippen LogP contribution in [0.5, 0.6) is 0 Å². The van der Waals surface area contributed by atoms with Gasteiger partial charge in [0, 0.05) is 12.0 Å². The standard InChI is InChI=1S/C14H13FO/c1-2-12-13(7-4-8-14(12)16)10-5-3-6-11(15)9-10/h2-3,5-6,9H,1,4,7-8H2. The maximum atomic E-state index is 13.1. The van der Waals surface area contributed by atoms with Crippen molar-refractivity contribution in [3.63, 3.8) is 0 Å². The van der Waals surface area contributed by atoms with Crippen molar-refractivity contribution < 1.29 is 9.18 Å². The fourth-order valence-electron chi connectivity index (χ4n) is 2.08. The summed E-state index contributed by atoms with van der Waals surface area (Å²) in [6.45, 7) is 3.66. The summed E-state index contributed by atoms with van der Waals surface area (Å²) >= 11 is 0. The lowest BCUT2D eigenvalue weighted by Crippen LogP contribution is -2.09. The van der Waals surface area contributed by atoms with Crippen molar-refractivity contribution in [3.8, 4) is 0 Å². The number of carbonyl (C=O) groups is 1. The van der Waals surface area contributed by atoms with E-state index in [1.165, 1.54) is 12.1 Å². The number of halogens is 1. The number of ketones is 1. The van der Waals surface area contributed by atoms with Crippen LogP contribution in [0, 0.1) is 5.82 Å². The highest BCUT2D eigenvalue weighted by atomic mass is 19.1. The van der Waals surface area contributed by atoms with Crippen LogP contribution in [0.15, 0.2) is 42.5 Å². The first-order valence-corrected chi connectivity index (χ1v) is 5.37. The fraction of sp³-hybridized carbons (Fsp3) is 0.214. The van der Waals surface area contributed by atoms with Crippen LogP contribution in [0.1, 0.15) is 24.8 Å². The smallest absolute Gasteiger partial charge is 0.163 e. The molecule has 0 radical (unpaired) electrons. The van der Waals surface area contributed by atoms with Crippen molar-refractivity contribution in [2.75, 3.05) is 0 Å². The molecule has 0 bridgehead atoms. The van der Waals surface area contributed by atoms with E-state index in [1.54, 1.807) is 12.1 Å². The normalized spacial score (nSPS) is 16.4. The number of hydrogen-bond donors (Lipinski definition) is 0. The summed E-state index contributed by atoms with van der Waals surface area (Å²) in [4.78, 5) is 11.7. The summed E-state index contributed by atoms with van der Waals surface area (Å²) in [5.41, 5.74) is 2.37. The number of benzene rings is 1. The lowest BCUT2D eigenvalue weighted by molar-refractivity contribution is -0.115. The second-order valence-electron chi connectivity index (χ2n) is 3.88. The third kappa shape index (κ3) is 1.96. The molecule has 0 fully saturated rings. The molecule has 0 unspecified atom stereocenters. The Balaban J connectivity index is 2.52. The quantitative estimate of drug-likeness (QED) is 0.739. The zero-order valence-electron chi connectivity index (χ0n) is 9.00. The van der Waals surface area contributed by atoms with E-state index in [1.807, 2.05) is 6.07 Å². The summed E-state index contributed by atoms with van der Waals surface area (Å²) in [7, 11) is 0. The SMILES string of the molecule is C=CC1=C(c2cccc(F)c2)CCCC1=O. The van der Waals surface area contributed by atoms with Gasteiger partial charge in [0.05, 0.1) is 0 Å². The Morgan fingerprint density at radius 1 is 1.31 bits per heavy atom. The maximum Gasteiger partial charge on any atom is 0.163 e. The van der Waals surface area contributed by atoms with E-state index in [9.17, 15) is 9.18 Å². The summed E-state index contributed by atoms with van der Waals surface area (Å²) < 4.78 is 13.1. The predicted molar refractivity (Wildman–Crippen MR) is 62.4 cm³/mol. The molecule has 1 aliphatic carbocycles. The Morgan fingerprint density at radius 2 is 2.12 bits per heavy atom. The Labute approximate surface area is 94.3 Å². The summed E-state index contributed by atoms with van der Waals surface area (Å²) in [6.07, 6.45) is 3.81. The first-order chi connectivity index (χ1) is 7.72. The van der Waals surface area contributed by atoms with Gasteiger partial charge in [-0.25, -0.2) is 4.39 Å². The molecule has 2 heteroatoms. The lowest BCUT2D eigenvalue weighted by atomic mass is 9.86. The van der Waals surface area contributed by atoms with E-state index >= 15 is 0 Å². The van der Waals surface area contributed by atoms with E-state index in [2.05, 4.69) is 6.58 Å². The molecule has 0 amide bonds. The van der Waals surface area contributed by atoms with E-state index in [0.29, 0.717) is 12.0 Å². The molecule has 0 aromatic heterocycles. The van der Waals surface area contributed by atoms with Crippen molar-refractivity contribution in [2.45, 2.75) is 19.3 Å². The van der Waals surface area contributed by atoms with E-state index in [4.69, 9.17) is 0 Å². The Morgan fingerprint density at radius 3 is 2.81 bits per heavy atom. The predicted octanol–water partition coefficient (Wildman–Crippen LogP) is 3.52. The molecule has 1 nitrogen and oxygen atoms in total. The molecule has 0 aliphatic heterocycles. The lowest BCUT2D eigenvalue weighted by Gasteiger charge is -2.17. The van der Waals surface area contributed by atoms with Crippen LogP contribution in [0.4, 0.5) is 4.39 Å². The fourth-order valence-corrected chi connectivity index (χ4v) is 2.08. The van der Waals surface area contributed by atoms with Gasteiger partial charge in [0.2, 0.25) is 0 Å². The number of hydrogen-bond acceptors (Lipinski definition) is 1. The minimum absolute atomic E-state index is 0.112. The molecule has 0 atom stereocenters. The maximum absolute atomic E-state index is 13.1. The highest BCUT2D eigenvalue weighted by Gasteiger charge is 2.19. The first-order valence-electron chi connectivity index (χ1n) is 5.37. The summed E-state index contributed by atoms with van der Waals surface area (Å²) in [5, 5.41) is 0. The van der Waals surface area contributed by atoms with Crippen LogP contribution < -0.4 is 0 Å². The Bertz CT molecular complexity index is 471. The molecule has 0 saturated heterocycles. The molecule has 0 saturated carbocycles. The van der Waals surface area contributed by atoms with Crippen LogP contribution in [-0.4, -0.2) is 5.78 Å². The number of allylic oxidation sites excluding steroid dienone is 3. The third-order valence-corrected chi connectivity index (χ3v) is 2.83. The molecular weight excluding hydrogens is 203 g/mol. The van der Waals surface area contributed by atoms with Crippen molar-refractivity contribution in [1.29, 1.82) is 0 Å². The van der Waals surface area contributed by atoms with Crippen LogP contribution in [0.2, 0.25) is 0 Å². The van der Waals surface area contributed by atoms with E-state index in [-0.39, 0.29) is 11.6 Å². The number of carbonyl (C=O) groups excluding carboxylic acids is 1. The Hall–Kier alpha value is -1.70.